The molecule has 0 aliphatic carbocycles. The van der Waals surface area contributed by atoms with Crippen LogP contribution in [0.4, 0.5) is 4.39 Å². The van der Waals surface area contributed by atoms with Gasteiger partial charge in [0.2, 0.25) is 0 Å². The van der Waals surface area contributed by atoms with E-state index in [2.05, 4.69) is 0 Å². The smallest absolute Gasteiger partial charge is 0.196 e. The number of rotatable bonds is 4. The standard InChI is InChI=1S/C17H17FO3/c1-10-5-6-12(11(2)7-10)17(19)13-8-15(20-3)16(21-4)9-14(13)18/h5-9H,1-4H3. The number of halogens is 1. The van der Waals surface area contributed by atoms with Gasteiger partial charge in [-0.15, -0.1) is 0 Å². The summed E-state index contributed by atoms with van der Waals surface area (Å²) in [6.45, 7) is 3.77. The van der Waals surface area contributed by atoms with Gasteiger partial charge in [0.25, 0.3) is 0 Å². The third-order valence-electron chi connectivity index (χ3n) is 3.34. The highest BCUT2D eigenvalue weighted by Gasteiger charge is 2.19. The zero-order valence-corrected chi connectivity index (χ0v) is 12.5. The Labute approximate surface area is 123 Å². The van der Waals surface area contributed by atoms with Gasteiger partial charge >= 0.3 is 0 Å². The van der Waals surface area contributed by atoms with E-state index in [9.17, 15) is 9.18 Å². The fourth-order valence-corrected chi connectivity index (χ4v) is 2.24. The van der Waals surface area contributed by atoms with Gasteiger partial charge in [0, 0.05) is 11.6 Å². The molecule has 0 aromatic heterocycles. The Morgan fingerprint density at radius 1 is 0.952 bits per heavy atom. The van der Waals surface area contributed by atoms with Gasteiger partial charge < -0.3 is 9.47 Å². The highest BCUT2D eigenvalue weighted by atomic mass is 19.1. The van der Waals surface area contributed by atoms with Crippen LogP contribution >= 0.6 is 0 Å². The largest absolute Gasteiger partial charge is 0.493 e. The summed E-state index contributed by atoms with van der Waals surface area (Å²) in [5.74, 6) is -0.414. The number of ether oxygens (including phenoxy) is 2. The lowest BCUT2D eigenvalue weighted by molar-refractivity contribution is 0.103. The van der Waals surface area contributed by atoms with Gasteiger partial charge in [-0.2, -0.15) is 0 Å². The summed E-state index contributed by atoms with van der Waals surface area (Å²) in [6, 6.07) is 7.97. The van der Waals surface area contributed by atoms with E-state index in [1.54, 1.807) is 6.07 Å². The molecule has 0 saturated heterocycles. The maximum Gasteiger partial charge on any atom is 0.196 e. The van der Waals surface area contributed by atoms with E-state index in [-0.39, 0.29) is 17.1 Å². The van der Waals surface area contributed by atoms with Gasteiger partial charge in [-0.3, -0.25) is 4.79 Å². The first-order valence-corrected chi connectivity index (χ1v) is 6.51. The molecular weight excluding hydrogens is 271 g/mol. The molecule has 0 fully saturated rings. The van der Waals surface area contributed by atoms with Crippen LogP contribution in [0.1, 0.15) is 27.0 Å². The summed E-state index contributed by atoms with van der Waals surface area (Å²) in [5, 5.41) is 0. The van der Waals surface area contributed by atoms with E-state index in [1.165, 1.54) is 20.3 Å². The van der Waals surface area contributed by atoms with Crippen LogP contribution in [-0.4, -0.2) is 20.0 Å². The normalized spacial score (nSPS) is 10.3. The molecule has 0 aliphatic heterocycles. The molecule has 0 heterocycles. The van der Waals surface area contributed by atoms with Crippen molar-refractivity contribution in [1.29, 1.82) is 0 Å². The van der Waals surface area contributed by atoms with Crippen LogP contribution < -0.4 is 9.47 Å². The fraction of sp³-hybridized carbons (Fsp3) is 0.235. The molecule has 0 spiro atoms. The maximum absolute atomic E-state index is 14.1. The predicted octanol–water partition coefficient (Wildman–Crippen LogP) is 3.69. The van der Waals surface area contributed by atoms with Crippen LogP contribution in [0.3, 0.4) is 0 Å². The monoisotopic (exact) mass is 288 g/mol. The Kier molecular flexibility index (Phi) is 4.26. The van der Waals surface area contributed by atoms with Crippen molar-refractivity contribution in [3.63, 3.8) is 0 Å². The summed E-state index contributed by atoms with van der Waals surface area (Å²) >= 11 is 0. The summed E-state index contributed by atoms with van der Waals surface area (Å²) in [4.78, 5) is 12.5. The van der Waals surface area contributed by atoms with Crippen LogP contribution in [0.15, 0.2) is 30.3 Å². The average Bonchev–Trinajstić information content (AvgIpc) is 2.46. The van der Waals surface area contributed by atoms with Crippen LogP contribution in [0.25, 0.3) is 0 Å². The van der Waals surface area contributed by atoms with Crippen LogP contribution in [-0.2, 0) is 0 Å². The first kappa shape index (κ1) is 15.0. The Morgan fingerprint density at radius 3 is 2.14 bits per heavy atom. The SMILES string of the molecule is COc1cc(F)c(C(=O)c2ccc(C)cc2C)cc1OC. The lowest BCUT2D eigenvalue weighted by Crippen LogP contribution is -2.07. The number of methoxy groups -OCH3 is 2. The molecular formula is C17H17FO3. The number of hydrogen-bond donors (Lipinski definition) is 0. The van der Waals surface area contributed by atoms with Gasteiger partial charge in [0.05, 0.1) is 19.8 Å². The van der Waals surface area contributed by atoms with E-state index in [1.807, 2.05) is 26.0 Å². The van der Waals surface area contributed by atoms with E-state index < -0.39 is 5.82 Å². The third-order valence-corrected chi connectivity index (χ3v) is 3.34. The van der Waals surface area contributed by atoms with Crippen molar-refractivity contribution in [3.05, 3.63) is 58.4 Å². The number of ketones is 1. The topological polar surface area (TPSA) is 35.5 Å². The molecule has 0 atom stereocenters. The van der Waals surface area contributed by atoms with E-state index in [0.717, 1.165) is 17.2 Å². The minimum Gasteiger partial charge on any atom is -0.493 e. The molecule has 0 saturated carbocycles. The Bertz CT molecular complexity index is 693. The summed E-state index contributed by atoms with van der Waals surface area (Å²) in [6.07, 6.45) is 0. The van der Waals surface area contributed by atoms with Crippen molar-refractivity contribution in [2.24, 2.45) is 0 Å². The van der Waals surface area contributed by atoms with Crippen molar-refractivity contribution in [2.75, 3.05) is 14.2 Å². The zero-order valence-electron chi connectivity index (χ0n) is 12.5. The van der Waals surface area contributed by atoms with Crippen LogP contribution in [0.2, 0.25) is 0 Å². The number of aryl methyl sites for hydroxylation is 2. The number of carbonyl (C=O) groups is 1. The van der Waals surface area contributed by atoms with Crippen molar-refractivity contribution >= 4 is 5.78 Å². The quantitative estimate of drug-likeness (QED) is 0.805. The molecule has 4 heteroatoms. The van der Waals surface area contributed by atoms with Gasteiger partial charge in [-0.1, -0.05) is 23.8 Å². The molecule has 3 nitrogen and oxygen atoms in total. The highest BCUT2D eigenvalue weighted by molar-refractivity contribution is 6.10. The minimum absolute atomic E-state index is 0.0281. The second kappa shape index (κ2) is 5.95. The van der Waals surface area contributed by atoms with Crippen molar-refractivity contribution in [2.45, 2.75) is 13.8 Å². The molecule has 2 aromatic rings. The number of hydrogen-bond acceptors (Lipinski definition) is 3. The Balaban J connectivity index is 2.53. The molecule has 21 heavy (non-hydrogen) atoms. The maximum atomic E-state index is 14.1. The Morgan fingerprint density at radius 2 is 1.57 bits per heavy atom. The number of benzene rings is 2. The molecule has 0 unspecified atom stereocenters. The number of carbonyl (C=O) groups excluding carboxylic acids is 1. The van der Waals surface area contributed by atoms with Crippen molar-refractivity contribution in [1.82, 2.24) is 0 Å². The fourth-order valence-electron chi connectivity index (χ4n) is 2.24. The molecule has 2 aromatic carbocycles. The summed E-state index contributed by atoms with van der Waals surface area (Å²) in [7, 11) is 2.87. The van der Waals surface area contributed by atoms with E-state index in [0.29, 0.717) is 11.3 Å². The lowest BCUT2D eigenvalue weighted by Gasteiger charge is -2.11. The molecule has 110 valence electrons. The molecule has 0 N–H and O–H groups in total. The average molecular weight is 288 g/mol. The predicted molar refractivity (Wildman–Crippen MR) is 78.9 cm³/mol. The highest BCUT2D eigenvalue weighted by Crippen LogP contribution is 2.31. The second-order valence-corrected chi connectivity index (χ2v) is 4.83. The molecule has 0 radical (unpaired) electrons. The van der Waals surface area contributed by atoms with Crippen LogP contribution in [0, 0.1) is 19.7 Å². The molecule has 2 rings (SSSR count). The molecule has 0 aliphatic rings. The molecule has 0 amide bonds. The van der Waals surface area contributed by atoms with Gasteiger partial charge in [-0.25, -0.2) is 4.39 Å². The lowest BCUT2D eigenvalue weighted by atomic mass is 9.97. The zero-order chi connectivity index (χ0) is 15.6. The van der Waals surface area contributed by atoms with Gasteiger partial charge in [0.15, 0.2) is 17.3 Å². The van der Waals surface area contributed by atoms with E-state index in [4.69, 9.17) is 9.47 Å². The summed E-state index contributed by atoms with van der Waals surface area (Å²) < 4.78 is 24.3. The van der Waals surface area contributed by atoms with Crippen molar-refractivity contribution in [3.8, 4) is 11.5 Å². The summed E-state index contributed by atoms with van der Waals surface area (Å²) in [5.41, 5.74) is 2.32. The van der Waals surface area contributed by atoms with E-state index >= 15 is 0 Å². The minimum atomic E-state index is -0.627. The van der Waals surface area contributed by atoms with Gasteiger partial charge in [0.1, 0.15) is 5.82 Å². The Hall–Kier alpha value is -2.36. The van der Waals surface area contributed by atoms with Gasteiger partial charge in [-0.05, 0) is 25.5 Å². The molecule has 0 bridgehead atoms. The van der Waals surface area contributed by atoms with Crippen LogP contribution in [0.5, 0.6) is 11.5 Å². The second-order valence-electron chi connectivity index (χ2n) is 4.83. The first-order chi connectivity index (χ1) is 9.97. The third kappa shape index (κ3) is 2.89. The first-order valence-electron chi connectivity index (χ1n) is 6.51. The van der Waals surface area contributed by atoms with Crippen molar-refractivity contribution < 1.29 is 18.7 Å².